The first-order chi connectivity index (χ1) is 12.1. The van der Waals surface area contributed by atoms with Crippen molar-refractivity contribution >= 4 is 5.97 Å². The minimum atomic E-state index is -0.999. The Morgan fingerprint density at radius 1 is 1.08 bits per heavy atom. The van der Waals surface area contributed by atoms with Crippen LogP contribution in [0.3, 0.4) is 0 Å². The Morgan fingerprint density at radius 2 is 1.64 bits per heavy atom. The molecule has 6 heteroatoms. The van der Waals surface area contributed by atoms with Crippen molar-refractivity contribution in [2.24, 2.45) is 5.73 Å². The zero-order chi connectivity index (χ0) is 18.5. The van der Waals surface area contributed by atoms with E-state index in [0.717, 1.165) is 12.8 Å². The van der Waals surface area contributed by atoms with Crippen molar-refractivity contribution in [3.8, 4) is 0 Å². The van der Waals surface area contributed by atoms with Crippen LogP contribution in [0.15, 0.2) is 6.20 Å². The Labute approximate surface area is 152 Å². The first-order valence-corrected chi connectivity index (χ1v) is 9.97. The monoisotopic (exact) mass is 352 g/mol. The quantitative estimate of drug-likeness (QED) is 0.463. The van der Waals surface area contributed by atoms with E-state index >= 15 is 0 Å². The van der Waals surface area contributed by atoms with E-state index in [1.165, 1.54) is 57.8 Å². The molecule has 1 aromatic rings. The predicted octanol–water partition coefficient (Wildman–Crippen LogP) is 4.10. The molecule has 1 aromatic heterocycles. The number of carboxylic acids is 1. The first-order valence-electron chi connectivity index (χ1n) is 9.97. The number of aliphatic carboxylic acids is 1. The summed E-state index contributed by atoms with van der Waals surface area (Å²) in [6, 6.07) is -0.553. The fourth-order valence-electron chi connectivity index (χ4n) is 3.10. The van der Waals surface area contributed by atoms with Gasteiger partial charge in [0.1, 0.15) is 6.04 Å². The topological polar surface area (TPSA) is 94.0 Å². The number of nitrogens with zero attached hydrogens (tertiary/aromatic N) is 3. The second-order valence-electron chi connectivity index (χ2n) is 7.04. The van der Waals surface area contributed by atoms with Crippen LogP contribution < -0.4 is 5.73 Å². The fraction of sp³-hybridized carbons (Fsp3) is 0.842. The number of carbonyl (C=O) groups is 1. The van der Waals surface area contributed by atoms with E-state index in [2.05, 4.69) is 24.2 Å². The van der Waals surface area contributed by atoms with Crippen molar-refractivity contribution in [1.82, 2.24) is 15.0 Å². The maximum atomic E-state index is 10.9. The first kappa shape index (κ1) is 21.6. The minimum absolute atomic E-state index is 0.231. The Kier molecular flexibility index (Phi) is 11.1. The Bertz CT molecular complexity index is 476. The van der Waals surface area contributed by atoms with Crippen LogP contribution in [0, 0.1) is 0 Å². The molecule has 3 N–H and O–H groups in total. The molecule has 0 radical (unpaired) electrons. The van der Waals surface area contributed by atoms with E-state index in [0.29, 0.717) is 11.7 Å². The average molecular weight is 353 g/mol. The van der Waals surface area contributed by atoms with E-state index in [1.54, 1.807) is 0 Å². The van der Waals surface area contributed by atoms with Crippen molar-refractivity contribution in [2.45, 2.75) is 103 Å². The SMILES string of the molecule is CCCCCCCC(CCCCCC)n1cc(CC(N)C(=O)O)nn1. The zero-order valence-corrected chi connectivity index (χ0v) is 16.0. The highest BCUT2D eigenvalue weighted by Gasteiger charge is 2.17. The molecule has 2 atom stereocenters. The molecule has 0 fully saturated rings. The summed E-state index contributed by atoms with van der Waals surface area (Å²) < 4.78 is 1.94. The van der Waals surface area contributed by atoms with E-state index in [1.807, 2.05) is 10.9 Å². The molecule has 2 unspecified atom stereocenters. The maximum absolute atomic E-state index is 10.9. The third-order valence-electron chi connectivity index (χ3n) is 4.71. The highest BCUT2D eigenvalue weighted by Crippen LogP contribution is 2.23. The summed E-state index contributed by atoms with van der Waals surface area (Å²) >= 11 is 0. The third-order valence-corrected chi connectivity index (χ3v) is 4.71. The number of carboxylic acid groups (broad SMARTS) is 1. The molecule has 0 aliphatic heterocycles. The molecule has 0 spiro atoms. The molecule has 0 saturated carbocycles. The van der Waals surface area contributed by atoms with E-state index in [-0.39, 0.29) is 6.42 Å². The van der Waals surface area contributed by atoms with Crippen LogP contribution in [0.1, 0.15) is 96.2 Å². The number of rotatable bonds is 15. The molecular weight excluding hydrogens is 316 g/mol. The van der Waals surface area contributed by atoms with Crippen LogP contribution in [0.25, 0.3) is 0 Å². The normalized spacial score (nSPS) is 13.7. The summed E-state index contributed by atoms with van der Waals surface area (Å²) in [6.07, 6.45) is 15.7. The lowest BCUT2D eigenvalue weighted by Gasteiger charge is -2.17. The molecule has 0 bridgehead atoms. The van der Waals surface area contributed by atoms with Gasteiger partial charge >= 0.3 is 5.97 Å². The Hall–Kier alpha value is -1.43. The third kappa shape index (κ3) is 9.00. The minimum Gasteiger partial charge on any atom is -0.480 e. The Morgan fingerprint density at radius 3 is 2.20 bits per heavy atom. The van der Waals surface area contributed by atoms with Crippen molar-refractivity contribution in [3.63, 3.8) is 0 Å². The van der Waals surface area contributed by atoms with Gasteiger partial charge in [0.05, 0.1) is 11.7 Å². The van der Waals surface area contributed by atoms with Gasteiger partial charge in [-0.3, -0.25) is 4.79 Å². The largest absolute Gasteiger partial charge is 0.480 e. The molecular formula is C19H36N4O2. The second-order valence-corrected chi connectivity index (χ2v) is 7.04. The van der Waals surface area contributed by atoms with Crippen molar-refractivity contribution in [1.29, 1.82) is 0 Å². The average Bonchev–Trinajstić information content (AvgIpc) is 3.04. The van der Waals surface area contributed by atoms with Gasteiger partial charge in [0.15, 0.2) is 0 Å². The lowest BCUT2D eigenvalue weighted by Crippen LogP contribution is -2.32. The molecule has 1 heterocycles. The fourth-order valence-corrected chi connectivity index (χ4v) is 3.10. The second kappa shape index (κ2) is 12.9. The molecule has 25 heavy (non-hydrogen) atoms. The number of hydrogen-bond acceptors (Lipinski definition) is 4. The zero-order valence-electron chi connectivity index (χ0n) is 16.0. The van der Waals surface area contributed by atoms with E-state index in [4.69, 9.17) is 10.8 Å². The predicted molar refractivity (Wildman–Crippen MR) is 101 cm³/mol. The van der Waals surface area contributed by atoms with Crippen LogP contribution in [-0.4, -0.2) is 32.1 Å². The van der Waals surface area contributed by atoms with Crippen LogP contribution in [0.4, 0.5) is 0 Å². The van der Waals surface area contributed by atoms with Crippen molar-refractivity contribution in [3.05, 3.63) is 11.9 Å². The van der Waals surface area contributed by atoms with Gasteiger partial charge in [0.25, 0.3) is 0 Å². The van der Waals surface area contributed by atoms with Crippen LogP contribution in [0.2, 0.25) is 0 Å². The molecule has 0 aromatic carbocycles. The lowest BCUT2D eigenvalue weighted by molar-refractivity contribution is -0.138. The molecule has 1 rings (SSSR count). The summed E-state index contributed by atoms with van der Waals surface area (Å²) in [7, 11) is 0. The van der Waals surface area contributed by atoms with Gasteiger partial charge in [-0.2, -0.15) is 0 Å². The molecule has 0 aliphatic rings. The van der Waals surface area contributed by atoms with E-state index in [9.17, 15) is 4.79 Å². The number of hydrogen-bond donors (Lipinski definition) is 2. The molecule has 0 aliphatic carbocycles. The summed E-state index contributed by atoms with van der Waals surface area (Å²) in [5.74, 6) is -0.999. The van der Waals surface area contributed by atoms with Gasteiger partial charge in [-0.15, -0.1) is 5.10 Å². The molecule has 6 nitrogen and oxygen atoms in total. The van der Waals surface area contributed by atoms with Crippen LogP contribution in [0.5, 0.6) is 0 Å². The summed E-state index contributed by atoms with van der Waals surface area (Å²) in [5, 5.41) is 17.3. The molecule has 0 amide bonds. The van der Waals surface area contributed by atoms with E-state index < -0.39 is 12.0 Å². The van der Waals surface area contributed by atoms with Gasteiger partial charge in [0, 0.05) is 12.6 Å². The number of nitrogens with two attached hydrogens (primary N) is 1. The molecule has 144 valence electrons. The van der Waals surface area contributed by atoms with Crippen LogP contribution >= 0.6 is 0 Å². The van der Waals surface area contributed by atoms with Gasteiger partial charge < -0.3 is 10.8 Å². The standard InChI is InChI=1S/C19H36N4O2/c1-3-5-7-9-11-13-17(12-10-8-6-4-2)23-15-16(21-22-23)14-18(20)19(24)25/h15,17-18H,3-14,20H2,1-2H3,(H,24,25). The van der Waals surface area contributed by atoms with Crippen molar-refractivity contribution < 1.29 is 9.90 Å². The lowest BCUT2D eigenvalue weighted by atomic mass is 10.0. The number of aromatic nitrogens is 3. The Balaban J connectivity index is 2.57. The molecule has 0 saturated heterocycles. The van der Waals surface area contributed by atoms with Gasteiger partial charge in [0.2, 0.25) is 0 Å². The summed E-state index contributed by atoms with van der Waals surface area (Å²) in [6.45, 7) is 4.45. The smallest absolute Gasteiger partial charge is 0.320 e. The van der Waals surface area contributed by atoms with Gasteiger partial charge in [-0.1, -0.05) is 76.8 Å². The highest BCUT2D eigenvalue weighted by molar-refractivity contribution is 5.73. The van der Waals surface area contributed by atoms with Crippen molar-refractivity contribution in [2.75, 3.05) is 0 Å². The summed E-state index contributed by atoms with van der Waals surface area (Å²) in [4.78, 5) is 10.9. The maximum Gasteiger partial charge on any atom is 0.320 e. The van der Waals surface area contributed by atoms with Gasteiger partial charge in [-0.25, -0.2) is 4.68 Å². The van der Waals surface area contributed by atoms with Gasteiger partial charge in [-0.05, 0) is 12.8 Å². The number of unbranched alkanes of at least 4 members (excludes halogenated alkanes) is 7. The summed E-state index contributed by atoms with van der Waals surface area (Å²) in [5.41, 5.74) is 6.26. The highest BCUT2D eigenvalue weighted by atomic mass is 16.4. The van der Waals surface area contributed by atoms with Crippen LogP contribution in [-0.2, 0) is 11.2 Å².